The minimum Gasteiger partial charge on any atom is -0.0801 e. The molecule has 2 aliphatic carbocycles. The molecule has 0 amide bonds. The van der Waals surface area contributed by atoms with E-state index in [1.54, 1.807) is 0 Å². The van der Waals surface area contributed by atoms with Crippen molar-refractivity contribution in [2.75, 3.05) is 0 Å². The van der Waals surface area contributed by atoms with Gasteiger partial charge in [0.25, 0.3) is 0 Å². The molecule has 21 heavy (non-hydrogen) atoms. The molecule has 97 valence electrons. The fourth-order valence-electron chi connectivity index (χ4n) is 3.60. The first kappa shape index (κ1) is 11.1. The summed E-state index contributed by atoms with van der Waals surface area (Å²) in [6.07, 6.45) is 11.5. The number of hydrogen-bond donors (Lipinski definition) is 0. The van der Waals surface area contributed by atoms with Gasteiger partial charge in [-0.1, -0.05) is 66.8 Å². The Labute approximate surface area is 122 Å². The molecule has 0 heterocycles. The molecule has 0 aliphatic heterocycles. The van der Waals surface area contributed by atoms with Gasteiger partial charge in [-0.05, 0) is 55.3 Å². The van der Waals surface area contributed by atoms with Crippen molar-refractivity contribution in [2.24, 2.45) is 0 Å². The standard InChI is InChI=1S/C21H13/c1-2-8-15-14(7-1)13-20-18-11-4-3-9-16(18)17-10-5-6-12-19(17)21(15)20/h1-5,7-12H,6H2. The second kappa shape index (κ2) is 3.95. The average molecular weight is 265 g/mol. The van der Waals surface area contributed by atoms with E-state index in [9.17, 15) is 0 Å². The van der Waals surface area contributed by atoms with Gasteiger partial charge in [0.2, 0.25) is 0 Å². The zero-order valence-electron chi connectivity index (χ0n) is 11.6. The van der Waals surface area contributed by atoms with E-state index < -0.39 is 0 Å². The summed E-state index contributed by atoms with van der Waals surface area (Å²) in [7, 11) is 0. The van der Waals surface area contributed by atoms with Crippen molar-refractivity contribution in [3.05, 3.63) is 86.6 Å². The van der Waals surface area contributed by atoms with Crippen LogP contribution in [0.2, 0.25) is 0 Å². The maximum absolute atomic E-state index is 3.63. The van der Waals surface area contributed by atoms with E-state index in [0.717, 1.165) is 6.42 Å². The summed E-state index contributed by atoms with van der Waals surface area (Å²) >= 11 is 0. The molecule has 0 saturated carbocycles. The second-order valence-electron chi connectivity index (χ2n) is 5.64. The Morgan fingerprint density at radius 2 is 1.67 bits per heavy atom. The maximum atomic E-state index is 3.63. The van der Waals surface area contributed by atoms with Gasteiger partial charge < -0.3 is 0 Å². The van der Waals surface area contributed by atoms with Gasteiger partial charge in [0.15, 0.2) is 0 Å². The van der Waals surface area contributed by atoms with Crippen LogP contribution in [0, 0.1) is 10.4 Å². The fourth-order valence-corrected chi connectivity index (χ4v) is 3.60. The van der Waals surface area contributed by atoms with Gasteiger partial charge in [-0.25, -0.2) is 0 Å². The summed E-state index contributed by atoms with van der Waals surface area (Å²) in [5.74, 6) is 0. The Hall–Kier alpha value is -2.60. The SMILES string of the molecule is [C]1=c2ccccc2=c2c1c1ccccc1c1c2=CCC=C1. The maximum Gasteiger partial charge on any atom is -0.000718 e. The predicted molar refractivity (Wildman–Crippen MR) is 87.9 cm³/mol. The molecule has 3 aromatic carbocycles. The van der Waals surface area contributed by atoms with Crippen LogP contribution in [0.5, 0.6) is 0 Å². The Morgan fingerprint density at radius 3 is 2.62 bits per heavy atom. The Morgan fingerprint density at radius 1 is 0.857 bits per heavy atom. The normalized spacial score (nSPS) is 14.1. The monoisotopic (exact) mass is 265 g/mol. The van der Waals surface area contributed by atoms with E-state index in [1.807, 2.05) is 0 Å². The van der Waals surface area contributed by atoms with Crippen molar-refractivity contribution < 1.29 is 0 Å². The molecular formula is C21H13. The lowest BCUT2D eigenvalue weighted by molar-refractivity contribution is 1.38. The highest BCUT2D eigenvalue weighted by Gasteiger charge is 2.13. The molecule has 0 bridgehead atoms. The Bertz CT molecular complexity index is 1150. The van der Waals surface area contributed by atoms with Crippen LogP contribution >= 0.6 is 0 Å². The van der Waals surface area contributed by atoms with Crippen LogP contribution in [-0.2, 0) is 0 Å². The molecule has 1 radical (unpaired) electrons. The molecule has 3 aromatic rings. The van der Waals surface area contributed by atoms with Crippen molar-refractivity contribution >= 4 is 29.0 Å². The van der Waals surface area contributed by atoms with Crippen molar-refractivity contribution in [3.63, 3.8) is 0 Å². The van der Waals surface area contributed by atoms with Gasteiger partial charge in [-0.15, -0.1) is 0 Å². The third kappa shape index (κ3) is 1.39. The van der Waals surface area contributed by atoms with Crippen molar-refractivity contribution in [2.45, 2.75) is 6.42 Å². The van der Waals surface area contributed by atoms with Crippen LogP contribution in [-0.4, -0.2) is 0 Å². The first-order chi connectivity index (χ1) is 10.4. The molecule has 0 N–H and O–H groups in total. The zero-order valence-corrected chi connectivity index (χ0v) is 11.6. The zero-order chi connectivity index (χ0) is 13.8. The van der Waals surface area contributed by atoms with Crippen LogP contribution < -0.4 is 10.4 Å². The molecule has 0 fully saturated rings. The Kier molecular flexibility index (Phi) is 2.09. The summed E-state index contributed by atoms with van der Waals surface area (Å²) in [5.41, 5.74) is 2.62. The molecule has 0 nitrogen and oxygen atoms in total. The van der Waals surface area contributed by atoms with Crippen molar-refractivity contribution in [1.82, 2.24) is 0 Å². The summed E-state index contributed by atoms with van der Waals surface area (Å²) in [6, 6.07) is 17.3. The van der Waals surface area contributed by atoms with Gasteiger partial charge in [0.1, 0.15) is 0 Å². The first-order valence-electron chi connectivity index (χ1n) is 7.38. The van der Waals surface area contributed by atoms with E-state index in [-0.39, 0.29) is 0 Å². The molecule has 0 atom stereocenters. The van der Waals surface area contributed by atoms with E-state index >= 15 is 0 Å². The third-order valence-electron chi connectivity index (χ3n) is 4.49. The van der Waals surface area contributed by atoms with Crippen molar-refractivity contribution in [1.29, 1.82) is 0 Å². The number of allylic oxidation sites excluding steroid dienone is 1. The first-order valence-corrected chi connectivity index (χ1v) is 7.38. The largest absolute Gasteiger partial charge is 0.0801 e. The van der Waals surface area contributed by atoms with Gasteiger partial charge >= 0.3 is 0 Å². The van der Waals surface area contributed by atoms with Crippen LogP contribution in [0.3, 0.4) is 0 Å². The predicted octanol–water partition coefficient (Wildman–Crippen LogP) is 3.34. The van der Waals surface area contributed by atoms with E-state index in [1.165, 1.54) is 42.8 Å². The minimum atomic E-state index is 1.01. The minimum absolute atomic E-state index is 1.01. The van der Waals surface area contributed by atoms with E-state index in [0.29, 0.717) is 0 Å². The van der Waals surface area contributed by atoms with Gasteiger partial charge in [0.05, 0.1) is 0 Å². The van der Waals surface area contributed by atoms with Gasteiger partial charge in [-0.2, -0.15) is 0 Å². The topological polar surface area (TPSA) is 0 Å². The van der Waals surface area contributed by atoms with Crippen LogP contribution in [0.4, 0.5) is 0 Å². The molecular weight excluding hydrogens is 252 g/mol. The lowest BCUT2D eigenvalue weighted by Gasteiger charge is -2.10. The molecule has 0 aromatic heterocycles. The van der Waals surface area contributed by atoms with E-state index in [4.69, 9.17) is 0 Å². The summed E-state index contributed by atoms with van der Waals surface area (Å²) in [5, 5.41) is 7.92. The molecule has 5 rings (SSSR count). The highest BCUT2D eigenvalue weighted by molar-refractivity contribution is 5.98. The quantitative estimate of drug-likeness (QED) is 0.457. The molecule has 0 unspecified atom stereocenters. The summed E-state index contributed by atoms with van der Waals surface area (Å²) in [6.45, 7) is 0. The molecule has 0 saturated heterocycles. The Balaban J connectivity index is 2.23. The number of rotatable bonds is 0. The van der Waals surface area contributed by atoms with Crippen LogP contribution in [0.1, 0.15) is 17.5 Å². The van der Waals surface area contributed by atoms with Crippen LogP contribution in [0.25, 0.3) is 29.0 Å². The number of fused-ring (bicyclic) bond motifs is 7. The summed E-state index contributed by atoms with van der Waals surface area (Å²) < 4.78 is 0. The van der Waals surface area contributed by atoms with Gasteiger partial charge in [0, 0.05) is 0 Å². The molecule has 0 heteroatoms. The lowest BCUT2D eigenvalue weighted by Crippen LogP contribution is -2.13. The fraction of sp³-hybridized carbons (Fsp3) is 0.0476. The highest BCUT2D eigenvalue weighted by Crippen LogP contribution is 2.25. The van der Waals surface area contributed by atoms with Crippen molar-refractivity contribution in [3.8, 4) is 0 Å². The van der Waals surface area contributed by atoms with Crippen LogP contribution in [0.15, 0.2) is 54.6 Å². The average Bonchev–Trinajstić information content (AvgIpc) is 2.95. The molecule has 0 spiro atoms. The third-order valence-corrected chi connectivity index (χ3v) is 4.49. The highest BCUT2D eigenvalue weighted by atomic mass is 14.2. The number of hydrogen-bond acceptors (Lipinski definition) is 0. The van der Waals surface area contributed by atoms with Gasteiger partial charge in [-0.3, -0.25) is 0 Å². The summed E-state index contributed by atoms with van der Waals surface area (Å²) in [4.78, 5) is 0. The van der Waals surface area contributed by atoms with E-state index in [2.05, 4.69) is 72.8 Å². The number of benzene rings is 3. The second-order valence-corrected chi connectivity index (χ2v) is 5.64. The molecule has 2 aliphatic rings. The smallest absolute Gasteiger partial charge is 0.000718 e. The lowest BCUT2D eigenvalue weighted by atomic mass is 9.93.